The van der Waals surface area contributed by atoms with Gasteiger partial charge in [0.2, 0.25) is 0 Å². The standard InChI is InChI=1S/C15H10ClF3INO2/c1-23-13-7-9(16)3-4-10(13)14(22)21-12-6-8(15(17,18)19)2-5-11(12)20/h2-7H,1H3,(H,21,22). The van der Waals surface area contributed by atoms with Crippen LogP contribution in [0.25, 0.3) is 0 Å². The minimum Gasteiger partial charge on any atom is -0.496 e. The van der Waals surface area contributed by atoms with Crippen LogP contribution in [-0.2, 0) is 6.18 Å². The fourth-order valence-electron chi connectivity index (χ4n) is 1.84. The molecule has 8 heteroatoms. The van der Waals surface area contributed by atoms with Gasteiger partial charge in [-0.25, -0.2) is 0 Å². The van der Waals surface area contributed by atoms with Crippen LogP contribution >= 0.6 is 34.2 Å². The first-order valence-electron chi connectivity index (χ1n) is 6.24. The molecule has 122 valence electrons. The fourth-order valence-corrected chi connectivity index (χ4v) is 2.47. The van der Waals surface area contributed by atoms with E-state index in [0.29, 0.717) is 8.59 Å². The maximum Gasteiger partial charge on any atom is 0.416 e. The highest BCUT2D eigenvalue weighted by Gasteiger charge is 2.31. The first-order chi connectivity index (χ1) is 10.7. The van der Waals surface area contributed by atoms with Crippen LogP contribution < -0.4 is 10.1 Å². The van der Waals surface area contributed by atoms with Gasteiger partial charge in [0.15, 0.2) is 0 Å². The second kappa shape index (κ2) is 6.96. The van der Waals surface area contributed by atoms with Crippen LogP contribution in [0.15, 0.2) is 36.4 Å². The molecule has 23 heavy (non-hydrogen) atoms. The Hall–Kier alpha value is -1.48. The lowest BCUT2D eigenvalue weighted by Crippen LogP contribution is -2.15. The molecule has 0 aromatic heterocycles. The van der Waals surface area contributed by atoms with Gasteiger partial charge >= 0.3 is 6.18 Å². The average molecular weight is 456 g/mol. The predicted molar refractivity (Wildman–Crippen MR) is 90.1 cm³/mol. The molecule has 0 atom stereocenters. The lowest BCUT2D eigenvalue weighted by Gasteiger charge is -2.13. The molecule has 2 aromatic rings. The summed E-state index contributed by atoms with van der Waals surface area (Å²) in [5, 5.41) is 2.85. The van der Waals surface area contributed by atoms with Crippen molar-refractivity contribution in [3.05, 3.63) is 56.1 Å². The number of benzene rings is 2. The van der Waals surface area contributed by atoms with Gasteiger partial charge in [0.25, 0.3) is 5.91 Å². The zero-order valence-corrected chi connectivity index (χ0v) is 14.6. The monoisotopic (exact) mass is 455 g/mol. The second-order valence-electron chi connectivity index (χ2n) is 4.49. The molecule has 0 saturated carbocycles. The number of rotatable bonds is 3. The number of hydrogen-bond acceptors (Lipinski definition) is 2. The van der Waals surface area contributed by atoms with Gasteiger partial charge in [0.05, 0.1) is 23.9 Å². The number of carbonyl (C=O) groups excluding carboxylic acids is 1. The molecule has 0 aliphatic heterocycles. The van der Waals surface area contributed by atoms with Crippen molar-refractivity contribution in [1.29, 1.82) is 0 Å². The number of halogens is 5. The molecule has 0 heterocycles. The average Bonchev–Trinajstić information content (AvgIpc) is 2.48. The summed E-state index contributed by atoms with van der Waals surface area (Å²) in [5.74, 6) is -0.354. The van der Waals surface area contributed by atoms with E-state index in [4.69, 9.17) is 16.3 Å². The summed E-state index contributed by atoms with van der Waals surface area (Å²) in [7, 11) is 1.37. The number of ether oxygens (including phenoxy) is 1. The largest absolute Gasteiger partial charge is 0.496 e. The van der Waals surface area contributed by atoms with E-state index in [1.54, 1.807) is 0 Å². The van der Waals surface area contributed by atoms with Crippen molar-refractivity contribution in [3.63, 3.8) is 0 Å². The normalized spacial score (nSPS) is 11.2. The third-order valence-corrected chi connectivity index (χ3v) is 4.13. The minimum atomic E-state index is -4.48. The van der Waals surface area contributed by atoms with E-state index in [0.717, 1.165) is 12.1 Å². The molecule has 0 saturated heterocycles. The van der Waals surface area contributed by atoms with E-state index >= 15 is 0 Å². The molecule has 0 unspecified atom stereocenters. The summed E-state index contributed by atoms with van der Waals surface area (Å²) in [6.45, 7) is 0. The van der Waals surface area contributed by atoms with Crippen molar-refractivity contribution in [1.82, 2.24) is 0 Å². The SMILES string of the molecule is COc1cc(Cl)ccc1C(=O)Nc1cc(C(F)(F)F)ccc1I. The number of carbonyl (C=O) groups is 1. The molecular weight excluding hydrogens is 446 g/mol. The summed E-state index contributed by atoms with van der Waals surface area (Å²) in [5.41, 5.74) is -0.594. The lowest BCUT2D eigenvalue weighted by molar-refractivity contribution is -0.137. The van der Waals surface area contributed by atoms with Crippen molar-refractivity contribution in [2.24, 2.45) is 0 Å². The minimum absolute atomic E-state index is 0.0717. The highest BCUT2D eigenvalue weighted by molar-refractivity contribution is 14.1. The topological polar surface area (TPSA) is 38.3 Å². The van der Waals surface area contributed by atoms with Gasteiger partial charge in [-0.15, -0.1) is 0 Å². The first-order valence-corrected chi connectivity index (χ1v) is 7.69. The molecule has 1 amide bonds. The third kappa shape index (κ3) is 4.29. The van der Waals surface area contributed by atoms with Gasteiger partial charge in [0.1, 0.15) is 5.75 Å². The molecule has 2 rings (SSSR count). The van der Waals surface area contributed by atoms with Gasteiger partial charge in [0, 0.05) is 8.59 Å². The Labute approximate surface area is 148 Å². The highest BCUT2D eigenvalue weighted by atomic mass is 127. The summed E-state index contributed by atoms with van der Waals surface area (Å²) in [6, 6.07) is 7.53. The lowest BCUT2D eigenvalue weighted by atomic mass is 10.1. The van der Waals surface area contributed by atoms with Crippen LogP contribution in [0.1, 0.15) is 15.9 Å². The zero-order valence-electron chi connectivity index (χ0n) is 11.7. The Bertz CT molecular complexity index is 750. The Morgan fingerprint density at radius 1 is 1.22 bits per heavy atom. The smallest absolute Gasteiger partial charge is 0.416 e. The molecule has 0 fully saturated rings. The molecule has 1 N–H and O–H groups in total. The van der Waals surface area contributed by atoms with Crippen LogP contribution in [0, 0.1) is 3.57 Å². The van der Waals surface area contributed by atoms with Crippen molar-refractivity contribution in [2.45, 2.75) is 6.18 Å². The maximum absolute atomic E-state index is 12.8. The summed E-state index contributed by atoms with van der Waals surface area (Å²) >= 11 is 7.67. The van der Waals surface area contributed by atoms with Gasteiger partial charge in [-0.3, -0.25) is 4.79 Å². The number of alkyl halides is 3. The van der Waals surface area contributed by atoms with E-state index in [2.05, 4.69) is 5.32 Å². The summed E-state index contributed by atoms with van der Waals surface area (Å²) in [6.07, 6.45) is -4.48. The summed E-state index contributed by atoms with van der Waals surface area (Å²) in [4.78, 5) is 12.3. The molecule has 0 radical (unpaired) electrons. The molecule has 3 nitrogen and oxygen atoms in total. The Balaban J connectivity index is 2.34. The van der Waals surface area contributed by atoms with Crippen LogP contribution in [0.3, 0.4) is 0 Å². The van der Waals surface area contributed by atoms with E-state index in [1.807, 2.05) is 22.6 Å². The van der Waals surface area contributed by atoms with Crippen LogP contribution in [0.2, 0.25) is 5.02 Å². The Kier molecular flexibility index (Phi) is 5.41. The van der Waals surface area contributed by atoms with Crippen molar-refractivity contribution < 1.29 is 22.7 Å². The van der Waals surface area contributed by atoms with Gasteiger partial charge in [-0.2, -0.15) is 13.2 Å². The van der Waals surface area contributed by atoms with E-state index in [9.17, 15) is 18.0 Å². The molecule has 0 aliphatic rings. The van der Waals surface area contributed by atoms with Crippen molar-refractivity contribution in [3.8, 4) is 5.75 Å². The van der Waals surface area contributed by atoms with Crippen LogP contribution in [0.4, 0.5) is 18.9 Å². The van der Waals surface area contributed by atoms with E-state index in [1.165, 1.54) is 31.4 Å². The number of anilines is 1. The van der Waals surface area contributed by atoms with E-state index < -0.39 is 17.6 Å². The Morgan fingerprint density at radius 2 is 1.91 bits per heavy atom. The number of hydrogen-bond donors (Lipinski definition) is 1. The molecule has 2 aromatic carbocycles. The first kappa shape index (κ1) is 17.9. The maximum atomic E-state index is 12.8. The number of methoxy groups -OCH3 is 1. The zero-order chi connectivity index (χ0) is 17.2. The summed E-state index contributed by atoms with van der Waals surface area (Å²) < 4.78 is 43.9. The van der Waals surface area contributed by atoms with Gasteiger partial charge < -0.3 is 10.1 Å². The molecular formula is C15H10ClF3INO2. The third-order valence-electron chi connectivity index (χ3n) is 2.95. The predicted octanol–water partition coefficient (Wildman–Crippen LogP) is 5.22. The van der Waals surface area contributed by atoms with Gasteiger partial charge in [-0.05, 0) is 59.0 Å². The van der Waals surface area contributed by atoms with Crippen LogP contribution in [-0.4, -0.2) is 13.0 Å². The van der Waals surface area contributed by atoms with Gasteiger partial charge in [-0.1, -0.05) is 11.6 Å². The number of amides is 1. The molecule has 0 spiro atoms. The van der Waals surface area contributed by atoms with Crippen molar-refractivity contribution >= 4 is 45.8 Å². The fraction of sp³-hybridized carbons (Fsp3) is 0.133. The van der Waals surface area contributed by atoms with Crippen molar-refractivity contribution in [2.75, 3.05) is 12.4 Å². The molecule has 0 aliphatic carbocycles. The van der Waals surface area contributed by atoms with E-state index in [-0.39, 0.29) is 17.0 Å². The quantitative estimate of drug-likeness (QED) is 0.644. The van der Waals surface area contributed by atoms with Crippen LogP contribution in [0.5, 0.6) is 5.75 Å². The second-order valence-corrected chi connectivity index (χ2v) is 6.09. The molecule has 0 bridgehead atoms. The Morgan fingerprint density at radius 3 is 2.52 bits per heavy atom. The highest BCUT2D eigenvalue weighted by Crippen LogP contribution is 2.33. The number of nitrogens with one attached hydrogen (secondary N) is 1.